The van der Waals surface area contributed by atoms with Crippen molar-refractivity contribution in [2.45, 2.75) is 39.2 Å². The molecule has 0 bridgehead atoms. The molecule has 2 N–H and O–H groups in total. The first-order chi connectivity index (χ1) is 9.31. The molecule has 0 aromatic heterocycles. The lowest BCUT2D eigenvalue weighted by Crippen LogP contribution is -2.46. The maximum atomic E-state index is 11.0. The van der Waals surface area contributed by atoms with Gasteiger partial charge in [0.1, 0.15) is 0 Å². The summed E-state index contributed by atoms with van der Waals surface area (Å²) in [4.78, 5) is 13.2. The molecule has 0 saturated heterocycles. The van der Waals surface area contributed by atoms with E-state index < -0.39 is 11.6 Å². The van der Waals surface area contributed by atoms with Crippen molar-refractivity contribution in [1.82, 2.24) is 0 Å². The molecule has 4 heteroatoms. The highest BCUT2D eigenvalue weighted by atomic mass is 16.4. The fourth-order valence-corrected chi connectivity index (χ4v) is 2.54. The molecule has 1 aromatic carbocycles. The van der Waals surface area contributed by atoms with E-state index in [-0.39, 0.29) is 5.92 Å². The summed E-state index contributed by atoms with van der Waals surface area (Å²) < 4.78 is 0. The predicted octanol–water partition coefficient (Wildman–Crippen LogP) is 2.54. The monoisotopic (exact) mass is 277 g/mol. The van der Waals surface area contributed by atoms with Gasteiger partial charge in [0, 0.05) is 18.8 Å². The van der Waals surface area contributed by atoms with Crippen LogP contribution < -0.4 is 4.90 Å². The van der Waals surface area contributed by atoms with E-state index in [9.17, 15) is 9.90 Å². The van der Waals surface area contributed by atoms with E-state index >= 15 is 0 Å². The summed E-state index contributed by atoms with van der Waals surface area (Å²) in [5.41, 5.74) is 1.71. The van der Waals surface area contributed by atoms with Gasteiger partial charge in [-0.1, -0.05) is 13.8 Å². The minimum Gasteiger partial charge on any atom is -0.478 e. The molecule has 4 nitrogen and oxygen atoms in total. The molecular weight excluding hydrogens is 254 g/mol. The van der Waals surface area contributed by atoms with Crippen molar-refractivity contribution in [2.75, 3.05) is 18.0 Å². The van der Waals surface area contributed by atoms with E-state index in [1.54, 1.807) is 12.1 Å². The molecule has 1 aromatic rings. The second-order valence-electron chi connectivity index (χ2n) is 6.19. The van der Waals surface area contributed by atoms with Crippen LogP contribution in [0.2, 0.25) is 0 Å². The Bertz CT molecular complexity index is 508. The number of aliphatic hydroxyl groups is 1. The van der Waals surface area contributed by atoms with Crippen LogP contribution >= 0.6 is 0 Å². The maximum Gasteiger partial charge on any atom is 0.335 e. The van der Waals surface area contributed by atoms with Gasteiger partial charge in [0.15, 0.2) is 0 Å². The summed E-state index contributed by atoms with van der Waals surface area (Å²) in [6.07, 6.45) is 1.89. The number of nitrogens with zero attached hydrogens (tertiary/aromatic N) is 1. The van der Waals surface area contributed by atoms with E-state index in [4.69, 9.17) is 5.11 Å². The van der Waals surface area contributed by atoms with Crippen molar-refractivity contribution in [1.29, 1.82) is 0 Å². The Morgan fingerprint density at radius 1 is 1.45 bits per heavy atom. The average Bonchev–Trinajstić information content (AvgIpc) is 2.37. The molecule has 1 unspecified atom stereocenters. The zero-order chi connectivity index (χ0) is 14.9. The summed E-state index contributed by atoms with van der Waals surface area (Å²) in [5, 5.41) is 19.5. The summed E-state index contributed by atoms with van der Waals surface area (Å²) in [6.45, 7) is 7.36. The molecule has 1 aliphatic heterocycles. The average molecular weight is 277 g/mol. The Kier molecular flexibility index (Phi) is 4.04. The number of anilines is 1. The molecule has 0 saturated carbocycles. The van der Waals surface area contributed by atoms with E-state index in [0.29, 0.717) is 12.1 Å². The number of carboxylic acids is 1. The lowest BCUT2D eigenvalue weighted by molar-refractivity contribution is 0.0203. The first kappa shape index (κ1) is 14.9. The van der Waals surface area contributed by atoms with Crippen LogP contribution in [0.5, 0.6) is 0 Å². The second kappa shape index (κ2) is 5.44. The first-order valence-electron chi connectivity index (χ1n) is 7.15. The van der Waals surface area contributed by atoms with Crippen molar-refractivity contribution >= 4 is 11.7 Å². The zero-order valence-corrected chi connectivity index (χ0v) is 12.4. The third kappa shape index (κ3) is 2.96. The van der Waals surface area contributed by atoms with Gasteiger partial charge in [-0.25, -0.2) is 4.79 Å². The quantitative estimate of drug-likeness (QED) is 0.888. The lowest BCUT2D eigenvalue weighted by Gasteiger charge is -2.38. The molecule has 1 heterocycles. The number of aromatic carboxylic acids is 1. The first-order valence-corrected chi connectivity index (χ1v) is 7.15. The van der Waals surface area contributed by atoms with Crippen LogP contribution in [-0.2, 0) is 6.42 Å². The predicted molar refractivity (Wildman–Crippen MR) is 79.4 cm³/mol. The Labute approximate surface area is 120 Å². The number of β-amino-alcohol motifs (C(OH)–C–C–N with tert-alkyl or cyclic N) is 1. The Balaban J connectivity index is 2.27. The minimum atomic E-state index is -0.890. The number of aryl methyl sites for hydroxylation is 1. The van der Waals surface area contributed by atoms with E-state index in [0.717, 1.165) is 30.6 Å². The highest BCUT2D eigenvalue weighted by molar-refractivity contribution is 5.88. The Hall–Kier alpha value is -1.55. The van der Waals surface area contributed by atoms with Crippen molar-refractivity contribution in [2.24, 2.45) is 5.92 Å². The van der Waals surface area contributed by atoms with Crippen LogP contribution in [0.3, 0.4) is 0 Å². The topological polar surface area (TPSA) is 60.8 Å². The molecule has 1 atom stereocenters. The van der Waals surface area contributed by atoms with Gasteiger partial charge in [0.25, 0.3) is 0 Å². The van der Waals surface area contributed by atoms with Gasteiger partial charge < -0.3 is 15.1 Å². The van der Waals surface area contributed by atoms with Gasteiger partial charge >= 0.3 is 5.97 Å². The standard InChI is InChI=1S/C16H23NO3/c1-11(2)16(3,20)10-17-8-4-5-12-9-13(15(18)19)6-7-14(12)17/h6-7,9,11,20H,4-5,8,10H2,1-3H3,(H,18,19). The van der Waals surface area contributed by atoms with Crippen molar-refractivity contribution in [3.8, 4) is 0 Å². The van der Waals surface area contributed by atoms with Gasteiger partial charge in [-0.3, -0.25) is 0 Å². The van der Waals surface area contributed by atoms with Gasteiger partial charge in [0.2, 0.25) is 0 Å². The minimum absolute atomic E-state index is 0.172. The summed E-state index contributed by atoms with van der Waals surface area (Å²) in [5.74, 6) is -0.717. The third-order valence-electron chi connectivity index (χ3n) is 4.30. The SMILES string of the molecule is CC(C)C(C)(O)CN1CCCc2cc(C(=O)O)ccc21. The van der Waals surface area contributed by atoms with Gasteiger partial charge in [-0.15, -0.1) is 0 Å². The summed E-state index contributed by atoms with van der Waals surface area (Å²) in [7, 11) is 0. The number of carboxylic acid groups (broad SMARTS) is 1. The number of hydrogen-bond acceptors (Lipinski definition) is 3. The smallest absolute Gasteiger partial charge is 0.335 e. The molecule has 20 heavy (non-hydrogen) atoms. The number of rotatable bonds is 4. The third-order valence-corrected chi connectivity index (χ3v) is 4.30. The molecule has 0 amide bonds. The second-order valence-corrected chi connectivity index (χ2v) is 6.19. The van der Waals surface area contributed by atoms with E-state index in [1.165, 1.54) is 0 Å². The van der Waals surface area contributed by atoms with Crippen molar-refractivity contribution in [3.05, 3.63) is 29.3 Å². The summed E-state index contributed by atoms with van der Waals surface area (Å²) >= 11 is 0. The molecule has 0 fully saturated rings. The van der Waals surface area contributed by atoms with Gasteiger partial charge in [-0.2, -0.15) is 0 Å². The Morgan fingerprint density at radius 3 is 2.75 bits per heavy atom. The molecule has 2 rings (SSSR count). The molecule has 1 aliphatic rings. The highest BCUT2D eigenvalue weighted by Crippen LogP contribution is 2.30. The Morgan fingerprint density at radius 2 is 2.15 bits per heavy atom. The van der Waals surface area contributed by atoms with E-state index in [1.807, 2.05) is 26.8 Å². The lowest BCUT2D eigenvalue weighted by atomic mass is 9.90. The molecule has 110 valence electrons. The van der Waals surface area contributed by atoms with Crippen LogP contribution in [0, 0.1) is 5.92 Å². The van der Waals surface area contributed by atoms with Gasteiger partial charge in [0.05, 0.1) is 11.2 Å². The maximum absolute atomic E-state index is 11.0. The fourth-order valence-electron chi connectivity index (χ4n) is 2.54. The largest absolute Gasteiger partial charge is 0.478 e. The number of fused-ring (bicyclic) bond motifs is 1. The number of benzene rings is 1. The molecule has 0 aliphatic carbocycles. The summed E-state index contributed by atoms with van der Waals surface area (Å²) in [6, 6.07) is 5.27. The van der Waals surface area contributed by atoms with Crippen LogP contribution in [0.1, 0.15) is 43.1 Å². The molecule has 0 radical (unpaired) electrons. The van der Waals surface area contributed by atoms with Gasteiger partial charge in [-0.05, 0) is 49.4 Å². The van der Waals surface area contributed by atoms with Crippen LogP contribution in [0.4, 0.5) is 5.69 Å². The number of hydrogen-bond donors (Lipinski definition) is 2. The highest BCUT2D eigenvalue weighted by Gasteiger charge is 2.30. The number of carbonyl (C=O) groups is 1. The zero-order valence-electron chi connectivity index (χ0n) is 12.4. The van der Waals surface area contributed by atoms with Crippen molar-refractivity contribution in [3.63, 3.8) is 0 Å². The van der Waals surface area contributed by atoms with Crippen LogP contribution in [-0.4, -0.2) is 34.9 Å². The molecular formula is C16H23NO3. The van der Waals surface area contributed by atoms with E-state index in [2.05, 4.69) is 4.90 Å². The van der Waals surface area contributed by atoms with Crippen molar-refractivity contribution < 1.29 is 15.0 Å². The fraction of sp³-hybridized carbons (Fsp3) is 0.562. The normalized spacial score (nSPS) is 17.8. The molecule has 0 spiro atoms. The van der Waals surface area contributed by atoms with Crippen LogP contribution in [0.15, 0.2) is 18.2 Å². The van der Waals surface area contributed by atoms with Crippen LogP contribution in [0.25, 0.3) is 0 Å².